The van der Waals surface area contributed by atoms with Crippen LogP contribution in [0.15, 0.2) is 28.7 Å². The molecule has 2 fully saturated rings. The van der Waals surface area contributed by atoms with Crippen LogP contribution in [0.4, 0.5) is 16.9 Å². The smallest absolute Gasteiger partial charge is 0.225 e. The van der Waals surface area contributed by atoms with Gasteiger partial charge in [0.2, 0.25) is 5.95 Å². The molecule has 0 spiro atoms. The molecular weight excluding hydrogens is 476 g/mol. The van der Waals surface area contributed by atoms with Crippen molar-refractivity contribution < 1.29 is 5.11 Å². The van der Waals surface area contributed by atoms with Crippen LogP contribution in [0.2, 0.25) is 0 Å². The number of rotatable bonds is 6. The first-order chi connectivity index (χ1) is 15.1. The molecule has 0 atom stereocenters. The zero-order valence-electron chi connectivity index (χ0n) is 17.4. The Hall–Kier alpha value is -1.81. The van der Waals surface area contributed by atoms with Crippen LogP contribution in [0.3, 0.4) is 0 Å². The molecule has 5 rings (SSSR count). The van der Waals surface area contributed by atoms with E-state index in [0.717, 1.165) is 76.7 Å². The highest BCUT2D eigenvalue weighted by atomic mass is 79.9. The molecule has 2 aliphatic rings. The Morgan fingerprint density at radius 3 is 2.68 bits per heavy atom. The maximum atomic E-state index is 9.80. The van der Waals surface area contributed by atoms with Gasteiger partial charge in [-0.1, -0.05) is 27.3 Å². The molecule has 1 saturated heterocycles. The van der Waals surface area contributed by atoms with E-state index in [4.69, 9.17) is 15.0 Å². The molecule has 31 heavy (non-hydrogen) atoms. The van der Waals surface area contributed by atoms with Crippen molar-refractivity contribution >= 4 is 54.4 Å². The van der Waals surface area contributed by atoms with Crippen molar-refractivity contribution in [3.63, 3.8) is 0 Å². The topological polar surface area (TPSA) is 86.2 Å². The summed E-state index contributed by atoms with van der Waals surface area (Å²) in [5, 5.41) is 17.5. The van der Waals surface area contributed by atoms with E-state index >= 15 is 0 Å². The first-order valence-corrected chi connectivity index (χ1v) is 12.6. The normalized spacial score (nSPS) is 22.1. The Morgan fingerprint density at radius 1 is 1.06 bits per heavy atom. The van der Waals surface area contributed by atoms with Gasteiger partial charge in [-0.05, 0) is 69.8 Å². The maximum Gasteiger partial charge on any atom is 0.225 e. The van der Waals surface area contributed by atoms with Gasteiger partial charge in [-0.25, -0.2) is 9.97 Å². The molecule has 3 aromatic rings. The summed E-state index contributed by atoms with van der Waals surface area (Å²) in [5.74, 6) is 1.42. The number of anilines is 3. The van der Waals surface area contributed by atoms with Gasteiger partial charge in [-0.15, -0.1) is 0 Å². The molecule has 1 saturated carbocycles. The van der Waals surface area contributed by atoms with E-state index in [0.29, 0.717) is 12.0 Å². The van der Waals surface area contributed by atoms with E-state index in [-0.39, 0.29) is 6.10 Å². The van der Waals surface area contributed by atoms with Crippen molar-refractivity contribution in [2.75, 3.05) is 23.7 Å². The lowest BCUT2D eigenvalue weighted by Gasteiger charge is -2.26. The number of aliphatic hydroxyl groups is 1. The molecule has 9 heteroatoms. The fraction of sp³-hybridized carbons (Fsp3) is 0.500. The number of fused-ring (bicyclic) bond motifs is 1. The molecule has 1 aliphatic carbocycles. The minimum Gasteiger partial charge on any atom is -0.393 e. The number of likely N-dealkylation sites (tertiary alicyclic amines) is 1. The van der Waals surface area contributed by atoms with Gasteiger partial charge in [0.1, 0.15) is 5.82 Å². The molecule has 2 aromatic heterocycles. The lowest BCUT2D eigenvalue weighted by atomic mass is 9.93. The monoisotopic (exact) mass is 502 g/mol. The molecular formula is C22H27BrN6OS. The fourth-order valence-electron chi connectivity index (χ4n) is 4.34. The summed E-state index contributed by atoms with van der Waals surface area (Å²) in [6, 6.07) is 8.45. The Balaban J connectivity index is 1.38. The van der Waals surface area contributed by atoms with Gasteiger partial charge in [-0.2, -0.15) is 4.98 Å². The van der Waals surface area contributed by atoms with Gasteiger partial charge >= 0.3 is 0 Å². The third-order valence-corrected chi connectivity index (χ3v) is 7.41. The SMILES string of the molecule is O[C@H]1CC[C@H](Nc2nc(CN3CCCC3)cc(Nc3nc4ccc(Br)cc4s3)n2)CC1. The Labute approximate surface area is 194 Å². The number of thiazole rings is 1. The van der Waals surface area contributed by atoms with Crippen LogP contribution in [0.25, 0.3) is 10.2 Å². The first kappa shape index (κ1) is 21.1. The summed E-state index contributed by atoms with van der Waals surface area (Å²) < 4.78 is 2.18. The second-order valence-corrected chi connectivity index (χ2v) is 10.4. The number of hydrogen-bond acceptors (Lipinski definition) is 8. The van der Waals surface area contributed by atoms with Crippen molar-refractivity contribution in [3.05, 3.63) is 34.4 Å². The van der Waals surface area contributed by atoms with Crippen LogP contribution in [0, 0.1) is 0 Å². The molecule has 164 valence electrons. The third-order valence-electron chi connectivity index (χ3n) is 5.98. The average Bonchev–Trinajstić information content (AvgIpc) is 3.38. The number of benzene rings is 1. The quantitative estimate of drug-likeness (QED) is 0.441. The fourth-order valence-corrected chi connectivity index (χ4v) is 5.77. The second-order valence-electron chi connectivity index (χ2n) is 8.46. The molecule has 0 radical (unpaired) electrons. The van der Waals surface area contributed by atoms with E-state index in [2.05, 4.69) is 37.5 Å². The molecule has 1 aromatic carbocycles. The Bertz CT molecular complexity index is 1050. The van der Waals surface area contributed by atoms with E-state index in [1.165, 1.54) is 12.8 Å². The van der Waals surface area contributed by atoms with E-state index in [1.807, 2.05) is 18.2 Å². The Morgan fingerprint density at radius 2 is 1.87 bits per heavy atom. The highest BCUT2D eigenvalue weighted by Crippen LogP contribution is 2.30. The largest absolute Gasteiger partial charge is 0.393 e. The third kappa shape index (κ3) is 5.34. The average molecular weight is 503 g/mol. The highest BCUT2D eigenvalue weighted by molar-refractivity contribution is 9.10. The van der Waals surface area contributed by atoms with Crippen molar-refractivity contribution in [1.29, 1.82) is 0 Å². The van der Waals surface area contributed by atoms with Gasteiger partial charge < -0.3 is 15.7 Å². The molecule has 1 aliphatic heterocycles. The van der Waals surface area contributed by atoms with Gasteiger partial charge in [-0.3, -0.25) is 4.90 Å². The minimum atomic E-state index is -0.170. The van der Waals surface area contributed by atoms with Crippen LogP contribution in [0.1, 0.15) is 44.2 Å². The number of aliphatic hydroxyl groups excluding tert-OH is 1. The van der Waals surface area contributed by atoms with Gasteiger partial charge in [0.05, 0.1) is 22.0 Å². The van der Waals surface area contributed by atoms with E-state index < -0.39 is 0 Å². The van der Waals surface area contributed by atoms with Crippen LogP contribution < -0.4 is 10.6 Å². The van der Waals surface area contributed by atoms with Gasteiger partial charge in [0.25, 0.3) is 0 Å². The van der Waals surface area contributed by atoms with Crippen LogP contribution in [-0.4, -0.2) is 50.2 Å². The molecule has 7 nitrogen and oxygen atoms in total. The summed E-state index contributed by atoms with van der Waals surface area (Å²) in [5.41, 5.74) is 1.99. The lowest BCUT2D eigenvalue weighted by molar-refractivity contribution is 0.126. The first-order valence-electron chi connectivity index (χ1n) is 11.0. The molecule has 0 amide bonds. The van der Waals surface area contributed by atoms with Crippen molar-refractivity contribution in [2.45, 2.75) is 57.2 Å². The number of hydrogen-bond donors (Lipinski definition) is 3. The molecule has 3 N–H and O–H groups in total. The van der Waals surface area contributed by atoms with Crippen LogP contribution in [0.5, 0.6) is 0 Å². The summed E-state index contributed by atoms with van der Waals surface area (Å²) in [6.45, 7) is 3.09. The zero-order chi connectivity index (χ0) is 21.2. The number of halogens is 1. The summed E-state index contributed by atoms with van der Waals surface area (Å²) in [7, 11) is 0. The van der Waals surface area contributed by atoms with Crippen molar-refractivity contribution in [1.82, 2.24) is 19.9 Å². The predicted octanol–water partition coefficient (Wildman–Crippen LogP) is 4.90. The molecule has 0 bridgehead atoms. The summed E-state index contributed by atoms with van der Waals surface area (Å²) >= 11 is 5.14. The number of nitrogens with one attached hydrogen (secondary N) is 2. The second kappa shape index (κ2) is 9.36. The summed E-state index contributed by atoms with van der Waals surface area (Å²) in [4.78, 5) is 16.7. The highest BCUT2D eigenvalue weighted by Gasteiger charge is 2.21. The number of nitrogens with zero attached hydrogens (tertiary/aromatic N) is 4. The van der Waals surface area contributed by atoms with Crippen molar-refractivity contribution in [3.8, 4) is 0 Å². The van der Waals surface area contributed by atoms with Crippen molar-refractivity contribution in [2.24, 2.45) is 0 Å². The predicted molar refractivity (Wildman–Crippen MR) is 129 cm³/mol. The van der Waals surface area contributed by atoms with E-state index in [1.54, 1.807) is 11.3 Å². The number of aromatic nitrogens is 3. The van der Waals surface area contributed by atoms with Gasteiger partial charge in [0, 0.05) is 23.1 Å². The zero-order valence-corrected chi connectivity index (χ0v) is 19.8. The minimum absolute atomic E-state index is 0.170. The van der Waals surface area contributed by atoms with Crippen LogP contribution >= 0.6 is 27.3 Å². The van der Waals surface area contributed by atoms with E-state index in [9.17, 15) is 5.11 Å². The van der Waals surface area contributed by atoms with Crippen LogP contribution in [-0.2, 0) is 6.54 Å². The maximum absolute atomic E-state index is 9.80. The molecule has 0 unspecified atom stereocenters. The van der Waals surface area contributed by atoms with Gasteiger partial charge in [0.15, 0.2) is 5.13 Å². The molecule has 3 heterocycles. The summed E-state index contributed by atoms with van der Waals surface area (Å²) in [6.07, 6.45) is 5.89. The Kier molecular flexibility index (Phi) is 6.36. The lowest BCUT2D eigenvalue weighted by Crippen LogP contribution is -2.29. The standard InChI is InChI=1S/C22H27BrN6OS/c23-14-3-8-18-19(11-14)31-22(26-18)28-20-12-16(13-29-9-1-2-10-29)25-21(27-20)24-15-4-6-17(30)7-5-15/h3,8,11-12,15,17,30H,1-2,4-7,9-10,13H2,(H2,24,25,26,27,28)/t15-,17-.